The topological polar surface area (TPSA) is 85.0 Å². The van der Waals surface area contributed by atoms with Gasteiger partial charge in [0, 0.05) is 25.3 Å². The maximum atomic E-state index is 11.0. The molecular formula is C14H17N5OS. The van der Waals surface area contributed by atoms with Crippen LogP contribution in [0.15, 0.2) is 24.3 Å². The van der Waals surface area contributed by atoms with Crippen LogP contribution in [0.5, 0.6) is 0 Å². The molecule has 0 aliphatic heterocycles. The van der Waals surface area contributed by atoms with Gasteiger partial charge in [0.15, 0.2) is 0 Å². The van der Waals surface area contributed by atoms with Crippen molar-refractivity contribution in [2.75, 3.05) is 10.6 Å². The van der Waals surface area contributed by atoms with Gasteiger partial charge < -0.3 is 16.4 Å². The quantitative estimate of drug-likeness (QED) is 0.753. The van der Waals surface area contributed by atoms with Crippen molar-refractivity contribution in [2.24, 2.45) is 12.8 Å². The van der Waals surface area contributed by atoms with Crippen LogP contribution in [0, 0.1) is 6.92 Å². The van der Waals surface area contributed by atoms with Crippen LogP contribution in [0.3, 0.4) is 0 Å². The molecule has 1 heterocycles. The number of aromatic nitrogens is 2. The Morgan fingerprint density at radius 1 is 1.29 bits per heavy atom. The Labute approximate surface area is 128 Å². The number of aryl methyl sites for hydroxylation is 2. The number of rotatable bonds is 4. The monoisotopic (exact) mass is 303 g/mol. The predicted octanol–water partition coefficient (Wildman–Crippen LogP) is 2.06. The van der Waals surface area contributed by atoms with Crippen LogP contribution in [0.25, 0.3) is 0 Å². The lowest BCUT2D eigenvalue weighted by Gasteiger charge is -2.10. The van der Waals surface area contributed by atoms with Crippen LogP contribution in [-0.4, -0.2) is 20.7 Å². The summed E-state index contributed by atoms with van der Waals surface area (Å²) in [6.45, 7) is 3.33. The number of benzene rings is 1. The van der Waals surface area contributed by atoms with Crippen molar-refractivity contribution in [3.63, 3.8) is 0 Å². The molecule has 1 aromatic heterocycles. The summed E-state index contributed by atoms with van der Waals surface area (Å²) in [6.07, 6.45) is 0. The summed E-state index contributed by atoms with van der Waals surface area (Å²) in [7, 11) is 1.82. The Hall–Kier alpha value is -2.41. The number of nitrogens with one attached hydrogen (secondary N) is 2. The first-order valence-electron chi connectivity index (χ1n) is 6.36. The molecule has 2 rings (SSSR count). The molecule has 0 saturated carbocycles. The van der Waals surface area contributed by atoms with Gasteiger partial charge in [-0.15, -0.1) is 0 Å². The second-order valence-corrected chi connectivity index (χ2v) is 5.12. The fourth-order valence-electron chi connectivity index (χ4n) is 2.07. The molecule has 0 unspecified atom stereocenters. The third-order valence-electron chi connectivity index (χ3n) is 2.94. The van der Waals surface area contributed by atoms with Crippen molar-refractivity contribution in [1.29, 1.82) is 0 Å². The first-order valence-corrected chi connectivity index (χ1v) is 6.77. The van der Waals surface area contributed by atoms with E-state index in [9.17, 15) is 4.79 Å². The normalized spacial score (nSPS) is 10.2. The van der Waals surface area contributed by atoms with Crippen LogP contribution in [0.2, 0.25) is 0 Å². The molecule has 110 valence electrons. The summed E-state index contributed by atoms with van der Waals surface area (Å²) < 4.78 is 1.70. The smallest absolute Gasteiger partial charge is 0.221 e. The minimum atomic E-state index is -0.103. The number of amides is 1. The van der Waals surface area contributed by atoms with Gasteiger partial charge in [-0.25, -0.2) is 0 Å². The highest BCUT2D eigenvalue weighted by Crippen LogP contribution is 2.24. The van der Waals surface area contributed by atoms with E-state index in [0.717, 1.165) is 28.5 Å². The molecule has 0 saturated heterocycles. The van der Waals surface area contributed by atoms with Crippen molar-refractivity contribution in [3.8, 4) is 0 Å². The standard InChI is InChI=1S/C14H17N5OS/c1-8-12(13(15)21)14(19(3)18-8)17-11-6-4-10(5-7-11)16-9(2)20/h4-7,17H,1-3H3,(H2,15,21)(H,16,20). The summed E-state index contributed by atoms with van der Waals surface area (Å²) in [5.74, 6) is 0.640. The highest BCUT2D eigenvalue weighted by molar-refractivity contribution is 7.80. The molecule has 1 amide bonds. The first-order chi connectivity index (χ1) is 9.88. The summed E-state index contributed by atoms with van der Waals surface area (Å²) in [5, 5.41) is 10.3. The van der Waals surface area contributed by atoms with E-state index in [1.54, 1.807) is 4.68 Å². The Bertz CT molecular complexity index is 690. The van der Waals surface area contributed by atoms with Crippen LogP contribution in [0.1, 0.15) is 18.2 Å². The SMILES string of the molecule is CC(=O)Nc1ccc(Nc2c(C(N)=S)c(C)nn2C)cc1. The van der Waals surface area contributed by atoms with Crippen molar-refractivity contribution in [2.45, 2.75) is 13.8 Å². The lowest BCUT2D eigenvalue weighted by molar-refractivity contribution is -0.114. The number of hydrogen-bond donors (Lipinski definition) is 3. The van der Waals surface area contributed by atoms with Crippen molar-refractivity contribution < 1.29 is 4.79 Å². The molecule has 1 aromatic carbocycles. The van der Waals surface area contributed by atoms with Gasteiger partial charge in [-0.05, 0) is 31.2 Å². The zero-order chi connectivity index (χ0) is 15.6. The lowest BCUT2D eigenvalue weighted by atomic mass is 10.2. The van der Waals surface area contributed by atoms with Gasteiger partial charge in [0.25, 0.3) is 0 Å². The average molecular weight is 303 g/mol. The Morgan fingerprint density at radius 2 is 1.86 bits per heavy atom. The third-order valence-corrected chi connectivity index (χ3v) is 3.14. The first kappa shape index (κ1) is 15.0. The molecule has 2 aromatic rings. The van der Waals surface area contributed by atoms with E-state index in [1.165, 1.54) is 6.92 Å². The molecule has 0 radical (unpaired) electrons. The molecular weight excluding hydrogens is 286 g/mol. The summed E-state index contributed by atoms with van der Waals surface area (Å²) in [4.78, 5) is 11.3. The summed E-state index contributed by atoms with van der Waals surface area (Å²) in [5.41, 5.74) is 8.86. The minimum absolute atomic E-state index is 0.103. The number of nitrogens with zero attached hydrogens (tertiary/aromatic N) is 2. The largest absolute Gasteiger partial charge is 0.389 e. The zero-order valence-electron chi connectivity index (χ0n) is 12.1. The molecule has 0 atom stereocenters. The lowest BCUT2D eigenvalue weighted by Crippen LogP contribution is -2.13. The molecule has 0 aliphatic rings. The summed E-state index contributed by atoms with van der Waals surface area (Å²) in [6, 6.07) is 7.34. The molecule has 0 aliphatic carbocycles. The van der Waals surface area contributed by atoms with Crippen LogP contribution in [0.4, 0.5) is 17.2 Å². The third kappa shape index (κ3) is 3.38. The number of thiocarbonyl (C=S) groups is 1. The number of carbonyl (C=O) groups excluding carboxylic acids is 1. The molecule has 6 nitrogen and oxygen atoms in total. The Kier molecular flexibility index (Phi) is 4.23. The van der Waals surface area contributed by atoms with E-state index < -0.39 is 0 Å². The van der Waals surface area contributed by atoms with Crippen molar-refractivity contribution in [1.82, 2.24) is 9.78 Å². The number of hydrogen-bond acceptors (Lipinski definition) is 4. The zero-order valence-corrected chi connectivity index (χ0v) is 12.9. The molecule has 4 N–H and O–H groups in total. The van der Waals surface area contributed by atoms with Crippen LogP contribution in [-0.2, 0) is 11.8 Å². The minimum Gasteiger partial charge on any atom is -0.389 e. The maximum absolute atomic E-state index is 11.0. The van der Waals surface area contributed by atoms with Gasteiger partial charge in [-0.3, -0.25) is 9.48 Å². The van der Waals surface area contributed by atoms with Crippen LogP contribution < -0.4 is 16.4 Å². The molecule has 7 heteroatoms. The van der Waals surface area contributed by atoms with Gasteiger partial charge >= 0.3 is 0 Å². The Morgan fingerprint density at radius 3 is 2.38 bits per heavy atom. The average Bonchev–Trinajstić information content (AvgIpc) is 2.66. The number of nitrogens with two attached hydrogens (primary N) is 1. The highest BCUT2D eigenvalue weighted by atomic mass is 32.1. The van der Waals surface area contributed by atoms with Gasteiger partial charge in [0.05, 0.1) is 11.3 Å². The molecule has 0 fully saturated rings. The van der Waals surface area contributed by atoms with E-state index in [0.29, 0.717) is 4.99 Å². The van der Waals surface area contributed by atoms with Gasteiger partial charge in [-0.1, -0.05) is 12.2 Å². The molecule has 0 bridgehead atoms. The summed E-state index contributed by atoms with van der Waals surface area (Å²) >= 11 is 5.07. The Balaban J connectivity index is 2.26. The molecule has 21 heavy (non-hydrogen) atoms. The van der Waals surface area contributed by atoms with E-state index in [2.05, 4.69) is 15.7 Å². The van der Waals surface area contributed by atoms with E-state index >= 15 is 0 Å². The van der Waals surface area contributed by atoms with Gasteiger partial charge in [0.2, 0.25) is 5.91 Å². The van der Waals surface area contributed by atoms with Gasteiger partial charge in [0.1, 0.15) is 10.8 Å². The molecule has 0 spiro atoms. The van der Waals surface area contributed by atoms with Crippen LogP contribution >= 0.6 is 12.2 Å². The van der Waals surface area contributed by atoms with E-state index in [-0.39, 0.29) is 5.91 Å². The fraction of sp³-hybridized carbons (Fsp3) is 0.214. The van der Waals surface area contributed by atoms with Gasteiger partial charge in [-0.2, -0.15) is 5.10 Å². The van der Waals surface area contributed by atoms with Crippen molar-refractivity contribution in [3.05, 3.63) is 35.5 Å². The fourth-order valence-corrected chi connectivity index (χ4v) is 2.32. The highest BCUT2D eigenvalue weighted by Gasteiger charge is 2.15. The van der Waals surface area contributed by atoms with Crippen molar-refractivity contribution >= 4 is 40.3 Å². The number of carbonyl (C=O) groups is 1. The second-order valence-electron chi connectivity index (χ2n) is 4.68. The second kappa shape index (κ2) is 5.92. The maximum Gasteiger partial charge on any atom is 0.221 e. The predicted molar refractivity (Wildman–Crippen MR) is 87.9 cm³/mol. The van der Waals surface area contributed by atoms with E-state index in [4.69, 9.17) is 18.0 Å². The number of anilines is 3. The van der Waals surface area contributed by atoms with E-state index in [1.807, 2.05) is 38.2 Å².